The van der Waals surface area contributed by atoms with E-state index in [-0.39, 0.29) is 24.0 Å². The number of rotatable bonds is 4. The molecule has 0 amide bonds. The summed E-state index contributed by atoms with van der Waals surface area (Å²) in [5.74, 6) is 1.86. The van der Waals surface area contributed by atoms with Crippen molar-refractivity contribution in [3.8, 4) is 5.82 Å². The lowest BCUT2D eigenvalue weighted by Gasteiger charge is -2.20. The van der Waals surface area contributed by atoms with Crippen molar-refractivity contribution in [1.29, 1.82) is 0 Å². The third-order valence-electron chi connectivity index (χ3n) is 4.19. The molecule has 0 bridgehead atoms. The van der Waals surface area contributed by atoms with Gasteiger partial charge in [-0.3, -0.25) is 0 Å². The highest BCUT2D eigenvalue weighted by Gasteiger charge is 2.15. The molecule has 136 valence electrons. The molecule has 1 fully saturated rings. The molecule has 0 aliphatic carbocycles. The molecule has 1 N–H and O–H groups in total. The predicted octanol–water partition coefficient (Wildman–Crippen LogP) is 3.06. The summed E-state index contributed by atoms with van der Waals surface area (Å²) in [6.07, 6.45) is 4.40. The second-order valence-electron chi connectivity index (χ2n) is 6.23. The third-order valence-corrected chi connectivity index (χ3v) is 4.19. The van der Waals surface area contributed by atoms with Gasteiger partial charge in [-0.15, -0.1) is 24.0 Å². The maximum atomic E-state index is 4.76. The van der Waals surface area contributed by atoms with Gasteiger partial charge in [-0.25, -0.2) is 14.7 Å². The molecule has 0 unspecified atom stereocenters. The van der Waals surface area contributed by atoms with Crippen LogP contribution in [0.5, 0.6) is 0 Å². The summed E-state index contributed by atoms with van der Waals surface area (Å²) in [7, 11) is 0. The molecule has 3 rings (SSSR count). The van der Waals surface area contributed by atoms with Crippen LogP contribution >= 0.6 is 24.0 Å². The van der Waals surface area contributed by atoms with Gasteiger partial charge in [0.05, 0.1) is 12.2 Å². The minimum atomic E-state index is 0. The number of hydrogen-bond donors (Lipinski definition) is 1. The number of aliphatic imine (C=N–C) groups is 1. The second kappa shape index (κ2) is 9.17. The lowest BCUT2D eigenvalue weighted by molar-refractivity contribution is 0.493. The Labute approximate surface area is 166 Å². The van der Waals surface area contributed by atoms with E-state index in [0.717, 1.165) is 48.4 Å². The second-order valence-corrected chi connectivity index (χ2v) is 6.23. The Morgan fingerprint density at radius 2 is 2.00 bits per heavy atom. The fourth-order valence-corrected chi connectivity index (χ4v) is 3.02. The maximum absolute atomic E-state index is 4.76. The van der Waals surface area contributed by atoms with E-state index in [1.165, 1.54) is 12.8 Å². The van der Waals surface area contributed by atoms with E-state index in [9.17, 15) is 0 Å². The number of likely N-dealkylation sites (tertiary alicyclic amines) is 1. The minimum absolute atomic E-state index is 0. The molecule has 2 aromatic rings. The number of pyridine rings is 1. The van der Waals surface area contributed by atoms with Crippen LogP contribution < -0.4 is 5.32 Å². The molecule has 6 nitrogen and oxygen atoms in total. The van der Waals surface area contributed by atoms with E-state index in [0.29, 0.717) is 6.54 Å². The van der Waals surface area contributed by atoms with Gasteiger partial charge in [-0.2, -0.15) is 5.10 Å². The van der Waals surface area contributed by atoms with Gasteiger partial charge in [-0.1, -0.05) is 6.07 Å². The van der Waals surface area contributed by atoms with Crippen molar-refractivity contribution in [3.05, 3.63) is 41.3 Å². The van der Waals surface area contributed by atoms with Crippen molar-refractivity contribution >= 4 is 29.9 Å². The van der Waals surface area contributed by atoms with Crippen LogP contribution in [-0.4, -0.2) is 45.3 Å². The monoisotopic (exact) mass is 454 g/mol. The number of halogens is 1. The molecular weight excluding hydrogens is 427 g/mol. The van der Waals surface area contributed by atoms with Gasteiger partial charge in [0.15, 0.2) is 11.8 Å². The van der Waals surface area contributed by atoms with Crippen LogP contribution in [-0.2, 0) is 6.54 Å². The summed E-state index contributed by atoms with van der Waals surface area (Å²) >= 11 is 0. The van der Waals surface area contributed by atoms with Crippen molar-refractivity contribution in [3.63, 3.8) is 0 Å². The predicted molar refractivity (Wildman–Crippen MR) is 112 cm³/mol. The van der Waals surface area contributed by atoms with E-state index in [2.05, 4.69) is 39.4 Å². The zero-order chi connectivity index (χ0) is 16.9. The summed E-state index contributed by atoms with van der Waals surface area (Å²) in [5, 5.41) is 7.85. The standard InChI is InChI=1S/C18H26N6.HI/c1-4-19-18(23-9-5-6-10-23)21-13-16-7-8-17(20-12-16)24-15(3)11-14(2)22-24;/h7-8,11-12H,4-6,9-10,13H2,1-3H3,(H,19,21);1H. The van der Waals surface area contributed by atoms with Crippen LogP contribution in [0.25, 0.3) is 5.82 Å². The Balaban J connectivity index is 0.00000225. The number of aromatic nitrogens is 3. The smallest absolute Gasteiger partial charge is 0.194 e. The first-order valence-electron chi connectivity index (χ1n) is 8.69. The van der Waals surface area contributed by atoms with Gasteiger partial charge < -0.3 is 10.2 Å². The third kappa shape index (κ3) is 4.93. The molecule has 7 heteroatoms. The van der Waals surface area contributed by atoms with E-state index < -0.39 is 0 Å². The van der Waals surface area contributed by atoms with E-state index >= 15 is 0 Å². The lowest BCUT2D eigenvalue weighted by Crippen LogP contribution is -2.39. The molecule has 0 aromatic carbocycles. The van der Waals surface area contributed by atoms with Crippen molar-refractivity contribution in [2.24, 2.45) is 4.99 Å². The average molecular weight is 454 g/mol. The molecule has 0 spiro atoms. The maximum Gasteiger partial charge on any atom is 0.194 e. The van der Waals surface area contributed by atoms with Crippen LogP contribution in [0.15, 0.2) is 29.4 Å². The van der Waals surface area contributed by atoms with E-state index in [1.54, 1.807) is 0 Å². The highest BCUT2D eigenvalue weighted by molar-refractivity contribution is 14.0. The Morgan fingerprint density at radius 1 is 1.24 bits per heavy atom. The number of nitrogens with one attached hydrogen (secondary N) is 1. The summed E-state index contributed by atoms with van der Waals surface area (Å²) in [5.41, 5.74) is 3.20. The normalized spacial score (nSPS) is 14.5. The van der Waals surface area contributed by atoms with Crippen LogP contribution in [0.3, 0.4) is 0 Å². The molecule has 0 atom stereocenters. The lowest BCUT2D eigenvalue weighted by atomic mass is 10.3. The Bertz CT molecular complexity index is 701. The van der Waals surface area contributed by atoms with Crippen LogP contribution in [0.2, 0.25) is 0 Å². The van der Waals surface area contributed by atoms with Crippen LogP contribution in [0, 0.1) is 13.8 Å². The first-order chi connectivity index (χ1) is 11.7. The van der Waals surface area contributed by atoms with Gasteiger partial charge in [0.1, 0.15) is 0 Å². The number of aryl methyl sites for hydroxylation is 2. The van der Waals surface area contributed by atoms with E-state index in [4.69, 9.17) is 4.99 Å². The summed E-state index contributed by atoms with van der Waals surface area (Å²) in [4.78, 5) is 11.6. The quantitative estimate of drug-likeness (QED) is 0.439. The fourth-order valence-electron chi connectivity index (χ4n) is 3.02. The zero-order valence-corrected chi connectivity index (χ0v) is 17.5. The van der Waals surface area contributed by atoms with Crippen molar-refractivity contribution in [2.45, 2.75) is 40.2 Å². The molecule has 1 aliphatic heterocycles. The average Bonchev–Trinajstić information content (AvgIpc) is 3.22. The SMILES string of the molecule is CCNC(=NCc1ccc(-n2nc(C)cc2C)nc1)N1CCCC1.I. The van der Waals surface area contributed by atoms with Crippen molar-refractivity contribution in [2.75, 3.05) is 19.6 Å². The molecule has 1 saturated heterocycles. The topological polar surface area (TPSA) is 58.3 Å². The number of guanidine groups is 1. The number of hydrogen-bond acceptors (Lipinski definition) is 3. The number of nitrogens with zero attached hydrogens (tertiary/aromatic N) is 5. The van der Waals surface area contributed by atoms with Crippen LogP contribution in [0.1, 0.15) is 36.7 Å². The molecule has 0 saturated carbocycles. The fraction of sp³-hybridized carbons (Fsp3) is 0.500. The summed E-state index contributed by atoms with van der Waals surface area (Å²) in [6, 6.07) is 6.14. The van der Waals surface area contributed by atoms with Crippen molar-refractivity contribution in [1.82, 2.24) is 25.0 Å². The molecular formula is C18H27IN6. The molecule has 0 radical (unpaired) electrons. The van der Waals surface area contributed by atoms with Crippen molar-refractivity contribution < 1.29 is 0 Å². The Kier molecular flexibility index (Phi) is 7.22. The molecule has 2 aromatic heterocycles. The largest absolute Gasteiger partial charge is 0.357 e. The zero-order valence-electron chi connectivity index (χ0n) is 15.2. The van der Waals surface area contributed by atoms with Gasteiger partial charge in [0.25, 0.3) is 0 Å². The van der Waals surface area contributed by atoms with Gasteiger partial charge >= 0.3 is 0 Å². The first kappa shape index (κ1) is 19.7. The summed E-state index contributed by atoms with van der Waals surface area (Å²) < 4.78 is 1.87. The molecule has 3 heterocycles. The van der Waals surface area contributed by atoms with Gasteiger partial charge in [0, 0.05) is 31.5 Å². The Hall–Kier alpha value is -1.64. The highest BCUT2D eigenvalue weighted by Crippen LogP contribution is 2.12. The highest BCUT2D eigenvalue weighted by atomic mass is 127. The molecule has 25 heavy (non-hydrogen) atoms. The summed E-state index contributed by atoms with van der Waals surface area (Å²) in [6.45, 7) is 9.87. The minimum Gasteiger partial charge on any atom is -0.357 e. The van der Waals surface area contributed by atoms with Gasteiger partial charge in [-0.05, 0) is 51.3 Å². The molecule has 1 aliphatic rings. The van der Waals surface area contributed by atoms with E-state index in [1.807, 2.05) is 30.8 Å². The first-order valence-corrected chi connectivity index (χ1v) is 8.69. The van der Waals surface area contributed by atoms with Gasteiger partial charge in [0.2, 0.25) is 0 Å². The Morgan fingerprint density at radius 3 is 2.56 bits per heavy atom. The van der Waals surface area contributed by atoms with Crippen LogP contribution in [0.4, 0.5) is 0 Å².